The molecule has 1 aromatic heterocycles. The first-order chi connectivity index (χ1) is 9.81. The van der Waals surface area contributed by atoms with Crippen molar-refractivity contribution in [3.63, 3.8) is 0 Å². The maximum absolute atomic E-state index is 8.93. The highest BCUT2D eigenvalue weighted by molar-refractivity contribution is 5.30. The van der Waals surface area contributed by atoms with Crippen molar-refractivity contribution in [1.29, 1.82) is 0 Å². The van der Waals surface area contributed by atoms with E-state index in [1.54, 1.807) is 0 Å². The molecular weight excluding hydrogens is 254 g/mol. The van der Waals surface area contributed by atoms with E-state index in [4.69, 9.17) is 5.11 Å². The first kappa shape index (κ1) is 15.2. The van der Waals surface area contributed by atoms with Crippen molar-refractivity contribution in [2.45, 2.75) is 19.9 Å². The Balaban J connectivity index is 1.76. The summed E-state index contributed by atoms with van der Waals surface area (Å²) in [5.41, 5.74) is 1.02. The van der Waals surface area contributed by atoms with Gasteiger partial charge in [-0.25, -0.2) is 4.98 Å². The molecule has 20 heavy (non-hydrogen) atoms. The normalized spacial score (nSPS) is 17.3. The van der Waals surface area contributed by atoms with Gasteiger partial charge in [0, 0.05) is 45.8 Å². The third kappa shape index (κ3) is 4.70. The van der Waals surface area contributed by atoms with Crippen molar-refractivity contribution < 1.29 is 5.11 Å². The van der Waals surface area contributed by atoms with Crippen LogP contribution in [0.5, 0.6) is 0 Å². The average molecular weight is 279 g/mol. The fourth-order valence-electron chi connectivity index (χ4n) is 2.32. The fraction of sp³-hybridized carbons (Fsp3) is 0.714. The molecule has 0 radical (unpaired) electrons. The summed E-state index contributed by atoms with van der Waals surface area (Å²) in [5, 5.41) is 12.2. The van der Waals surface area contributed by atoms with Crippen molar-refractivity contribution in [2.24, 2.45) is 0 Å². The van der Waals surface area contributed by atoms with Crippen LogP contribution in [-0.2, 0) is 6.54 Å². The van der Waals surface area contributed by atoms with Gasteiger partial charge in [0.2, 0.25) is 0 Å². The summed E-state index contributed by atoms with van der Waals surface area (Å²) < 4.78 is 0. The molecule has 6 nitrogen and oxygen atoms in total. The molecule has 0 aromatic carbocycles. The number of aliphatic hydroxyl groups is 1. The minimum absolute atomic E-state index is 0.248. The van der Waals surface area contributed by atoms with E-state index in [1.165, 1.54) is 0 Å². The Kier molecular flexibility index (Phi) is 6.17. The van der Waals surface area contributed by atoms with Crippen LogP contribution in [0.25, 0.3) is 0 Å². The molecule has 0 amide bonds. The van der Waals surface area contributed by atoms with Crippen LogP contribution in [0.2, 0.25) is 0 Å². The number of aliphatic hydroxyl groups excluding tert-OH is 1. The fourth-order valence-corrected chi connectivity index (χ4v) is 2.32. The summed E-state index contributed by atoms with van der Waals surface area (Å²) in [6, 6.07) is 0. The lowest BCUT2D eigenvalue weighted by atomic mass is 10.3. The van der Waals surface area contributed by atoms with Gasteiger partial charge in [0.15, 0.2) is 0 Å². The van der Waals surface area contributed by atoms with Crippen LogP contribution in [0, 0.1) is 0 Å². The van der Waals surface area contributed by atoms with E-state index in [1.807, 2.05) is 12.4 Å². The van der Waals surface area contributed by atoms with E-state index in [0.717, 1.165) is 63.7 Å². The Hall–Kier alpha value is -1.24. The largest absolute Gasteiger partial charge is 0.395 e. The van der Waals surface area contributed by atoms with E-state index in [9.17, 15) is 0 Å². The number of piperazine rings is 1. The van der Waals surface area contributed by atoms with Crippen molar-refractivity contribution in [3.8, 4) is 0 Å². The minimum Gasteiger partial charge on any atom is -0.395 e. The first-order valence-electron chi connectivity index (χ1n) is 7.42. The third-order valence-electron chi connectivity index (χ3n) is 3.53. The molecular formula is C14H25N5O. The van der Waals surface area contributed by atoms with Gasteiger partial charge in [0.05, 0.1) is 24.7 Å². The molecule has 2 heterocycles. The van der Waals surface area contributed by atoms with Crippen LogP contribution in [0.3, 0.4) is 0 Å². The SMILES string of the molecule is CCCNc1cnc(CN2CCN(CCO)CC2)cn1. The van der Waals surface area contributed by atoms with Gasteiger partial charge in [-0.05, 0) is 6.42 Å². The summed E-state index contributed by atoms with van der Waals surface area (Å²) in [4.78, 5) is 13.5. The number of rotatable bonds is 7. The number of hydrogen-bond donors (Lipinski definition) is 2. The van der Waals surface area contributed by atoms with E-state index in [0.29, 0.717) is 0 Å². The quantitative estimate of drug-likeness (QED) is 0.754. The molecule has 1 aliphatic heterocycles. The van der Waals surface area contributed by atoms with E-state index in [2.05, 4.69) is 32.0 Å². The standard InChI is InChI=1S/C14H25N5O/c1-2-3-15-14-11-16-13(10-17-14)12-19-6-4-18(5-7-19)8-9-20/h10-11,20H,2-9,12H2,1H3,(H,15,17). The van der Waals surface area contributed by atoms with Crippen LogP contribution in [0.15, 0.2) is 12.4 Å². The molecule has 1 saturated heterocycles. The number of aromatic nitrogens is 2. The van der Waals surface area contributed by atoms with Gasteiger partial charge in [-0.3, -0.25) is 14.8 Å². The maximum Gasteiger partial charge on any atom is 0.144 e. The number of anilines is 1. The second-order valence-corrected chi connectivity index (χ2v) is 5.16. The monoisotopic (exact) mass is 279 g/mol. The van der Waals surface area contributed by atoms with Gasteiger partial charge in [0.25, 0.3) is 0 Å². The van der Waals surface area contributed by atoms with Crippen LogP contribution in [0.1, 0.15) is 19.0 Å². The number of hydrogen-bond acceptors (Lipinski definition) is 6. The van der Waals surface area contributed by atoms with Crippen molar-refractivity contribution >= 4 is 5.82 Å². The molecule has 2 rings (SSSR count). The lowest BCUT2D eigenvalue weighted by Gasteiger charge is -2.34. The van der Waals surface area contributed by atoms with Crippen LogP contribution in [-0.4, -0.2) is 70.7 Å². The molecule has 2 N–H and O–H groups in total. The summed E-state index contributed by atoms with van der Waals surface area (Å²) >= 11 is 0. The van der Waals surface area contributed by atoms with E-state index < -0.39 is 0 Å². The second kappa shape index (κ2) is 8.14. The molecule has 0 bridgehead atoms. The predicted molar refractivity (Wildman–Crippen MR) is 79.6 cm³/mol. The Morgan fingerprint density at radius 3 is 2.50 bits per heavy atom. The maximum atomic E-state index is 8.93. The second-order valence-electron chi connectivity index (χ2n) is 5.16. The average Bonchev–Trinajstić information content (AvgIpc) is 2.49. The van der Waals surface area contributed by atoms with E-state index >= 15 is 0 Å². The summed E-state index contributed by atoms with van der Waals surface area (Å²) in [6.45, 7) is 9.03. The summed E-state index contributed by atoms with van der Waals surface area (Å²) in [6.07, 6.45) is 4.76. The Morgan fingerprint density at radius 2 is 1.90 bits per heavy atom. The third-order valence-corrected chi connectivity index (χ3v) is 3.53. The van der Waals surface area contributed by atoms with Crippen LogP contribution in [0.4, 0.5) is 5.82 Å². The zero-order valence-corrected chi connectivity index (χ0v) is 12.3. The van der Waals surface area contributed by atoms with Gasteiger partial charge in [-0.15, -0.1) is 0 Å². The van der Waals surface area contributed by atoms with Gasteiger partial charge in [-0.2, -0.15) is 0 Å². The molecule has 0 spiro atoms. The first-order valence-corrected chi connectivity index (χ1v) is 7.42. The van der Waals surface area contributed by atoms with Crippen molar-refractivity contribution in [3.05, 3.63) is 18.1 Å². The molecule has 0 unspecified atom stereocenters. The number of nitrogens with zero attached hydrogens (tertiary/aromatic N) is 4. The number of β-amino-alcohol motifs (C(OH)–C–C–N with tert-alkyl or cyclic N) is 1. The van der Waals surface area contributed by atoms with Crippen LogP contribution < -0.4 is 5.32 Å². The molecule has 1 aromatic rings. The zero-order chi connectivity index (χ0) is 14.2. The Bertz CT molecular complexity index is 376. The predicted octanol–water partition coefficient (Wildman–Crippen LogP) is 0.408. The van der Waals surface area contributed by atoms with Crippen molar-refractivity contribution in [2.75, 3.05) is 51.2 Å². The molecule has 0 saturated carbocycles. The molecule has 1 aliphatic rings. The Labute approximate surface area is 120 Å². The topological polar surface area (TPSA) is 64.5 Å². The zero-order valence-electron chi connectivity index (χ0n) is 12.3. The number of nitrogens with one attached hydrogen (secondary N) is 1. The summed E-state index contributed by atoms with van der Waals surface area (Å²) in [7, 11) is 0. The lowest BCUT2D eigenvalue weighted by molar-refractivity contribution is 0.107. The molecule has 0 atom stereocenters. The smallest absolute Gasteiger partial charge is 0.144 e. The van der Waals surface area contributed by atoms with Gasteiger partial charge in [-0.1, -0.05) is 6.92 Å². The van der Waals surface area contributed by atoms with Gasteiger partial charge < -0.3 is 10.4 Å². The Morgan fingerprint density at radius 1 is 1.15 bits per heavy atom. The highest BCUT2D eigenvalue weighted by Crippen LogP contribution is 2.07. The lowest BCUT2D eigenvalue weighted by Crippen LogP contribution is -2.46. The van der Waals surface area contributed by atoms with E-state index in [-0.39, 0.29) is 6.61 Å². The summed E-state index contributed by atoms with van der Waals surface area (Å²) in [5.74, 6) is 0.850. The van der Waals surface area contributed by atoms with Crippen LogP contribution >= 0.6 is 0 Å². The minimum atomic E-state index is 0.248. The van der Waals surface area contributed by atoms with Gasteiger partial charge in [0.1, 0.15) is 5.82 Å². The molecule has 6 heteroatoms. The highest BCUT2D eigenvalue weighted by atomic mass is 16.3. The van der Waals surface area contributed by atoms with Crippen molar-refractivity contribution in [1.82, 2.24) is 19.8 Å². The highest BCUT2D eigenvalue weighted by Gasteiger charge is 2.16. The molecule has 112 valence electrons. The van der Waals surface area contributed by atoms with Gasteiger partial charge >= 0.3 is 0 Å². The molecule has 0 aliphatic carbocycles. The molecule has 1 fully saturated rings.